The number of rotatable bonds is 8. The topological polar surface area (TPSA) is 64.3 Å². The van der Waals surface area contributed by atoms with Gasteiger partial charge in [-0.3, -0.25) is 4.79 Å². The van der Waals surface area contributed by atoms with Crippen molar-refractivity contribution in [2.75, 3.05) is 13.7 Å². The standard InChI is InChI=1S/C17H28N2O2.ClH/c1-12(2)9-14(11-18)19-17(20)10-13(3)15-7-5-6-8-16(15)21-4;/h5-8,12-14H,9-11,18H2,1-4H3,(H,19,20);1H. The van der Waals surface area contributed by atoms with Crippen LogP contribution in [-0.4, -0.2) is 25.6 Å². The van der Waals surface area contributed by atoms with Crippen LogP contribution in [0.1, 0.15) is 45.1 Å². The molecule has 1 aromatic rings. The van der Waals surface area contributed by atoms with Gasteiger partial charge in [-0.15, -0.1) is 12.4 Å². The second kappa shape index (κ2) is 10.5. The molecule has 0 radical (unpaired) electrons. The first-order valence-corrected chi connectivity index (χ1v) is 7.60. The molecule has 3 N–H and O–H groups in total. The van der Waals surface area contributed by atoms with Crippen molar-refractivity contribution in [3.05, 3.63) is 29.8 Å². The fraction of sp³-hybridized carbons (Fsp3) is 0.588. The van der Waals surface area contributed by atoms with E-state index in [1.807, 2.05) is 31.2 Å². The minimum absolute atomic E-state index is 0. The Balaban J connectivity index is 0.00000441. The fourth-order valence-corrected chi connectivity index (χ4v) is 2.53. The van der Waals surface area contributed by atoms with Crippen LogP contribution in [-0.2, 0) is 4.79 Å². The van der Waals surface area contributed by atoms with Crippen molar-refractivity contribution in [1.29, 1.82) is 0 Å². The lowest BCUT2D eigenvalue weighted by molar-refractivity contribution is -0.122. The summed E-state index contributed by atoms with van der Waals surface area (Å²) in [5, 5.41) is 3.03. The molecule has 0 saturated carbocycles. The summed E-state index contributed by atoms with van der Waals surface area (Å²) in [4.78, 5) is 12.2. The van der Waals surface area contributed by atoms with Crippen LogP contribution >= 0.6 is 12.4 Å². The number of amides is 1. The first-order valence-electron chi connectivity index (χ1n) is 7.60. The number of carbonyl (C=O) groups is 1. The van der Waals surface area contributed by atoms with E-state index in [9.17, 15) is 4.79 Å². The Hall–Kier alpha value is -1.26. The largest absolute Gasteiger partial charge is 0.496 e. The first-order chi connectivity index (χ1) is 9.97. The van der Waals surface area contributed by atoms with Crippen molar-refractivity contribution in [1.82, 2.24) is 5.32 Å². The molecule has 0 aromatic heterocycles. The number of ether oxygens (including phenoxy) is 1. The Morgan fingerprint density at radius 3 is 2.45 bits per heavy atom. The summed E-state index contributed by atoms with van der Waals surface area (Å²) in [5.41, 5.74) is 6.78. The fourth-order valence-electron chi connectivity index (χ4n) is 2.53. The van der Waals surface area contributed by atoms with E-state index in [1.54, 1.807) is 7.11 Å². The van der Waals surface area contributed by atoms with E-state index in [0.29, 0.717) is 18.9 Å². The average Bonchev–Trinajstić information content (AvgIpc) is 2.45. The van der Waals surface area contributed by atoms with Crippen LogP contribution in [0, 0.1) is 5.92 Å². The first kappa shape index (κ1) is 20.7. The third-order valence-corrected chi connectivity index (χ3v) is 3.57. The van der Waals surface area contributed by atoms with E-state index in [1.165, 1.54) is 0 Å². The third kappa shape index (κ3) is 6.67. The maximum atomic E-state index is 12.2. The average molecular weight is 329 g/mol. The van der Waals surface area contributed by atoms with Gasteiger partial charge in [-0.2, -0.15) is 0 Å². The number of methoxy groups -OCH3 is 1. The van der Waals surface area contributed by atoms with Gasteiger partial charge >= 0.3 is 0 Å². The molecular formula is C17H29ClN2O2. The molecule has 0 fully saturated rings. The molecule has 0 spiro atoms. The molecule has 0 heterocycles. The van der Waals surface area contributed by atoms with Crippen molar-refractivity contribution < 1.29 is 9.53 Å². The van der Waals surface area contributed by atoms with Gasteiger partial charge in [-0.1, -0.05) is 39.0 Å². The highest BCUT2D eigenvalue weighted by Crippen LogP contribution is 2.28. The van der Waals surface area contributed by atoms with Crippen LogP contribution in [0.4, 0.5) is 0 Å². The lowest BCUT2D eigenvalue weighted by Gasteiger charge is -2.21. The lowest BCUT2D eigenvalue weighted by atomic mass is 9.96. The maximum absolute atomic E-state index is 12.2. The molecule has 0 bridgehead atoms. The highest BCUT2D eigenvalue weighted by molar-refractivity contribution is 5.85. The molecule has 4 nitrogen and oxygen atoms in total. The van der Waals surface area contributed by atoms with Gasteiger partial charge in [0.1, 0.15) is 5.75 Å². The van der Waals surface area contributed by atoms with Gasteiger partial charge in [0.05, 0.1) is 7.11 Å². The molecule has 2 unspecified atom stereocenters. The molecule has 0 aliphatic rings. The van der Waals surface area contributed by atoms with Gasteiger partial charge in [0, 0.05) is 19.0 Å². The zero-order chi connectivity index (χ0) is 15.8. The predicted octanol–water partition coefficient (Wildman–Crippen LogP) is 3.10. The predicted molar refractivity (Wildman–Crippen MR) is 93.7 cm³/mol. The molecule has 0 saturated heterocycles. The Labute approximate surface area is 140 Å². The minimum Gasteiger partial charge on any atom is -0.496 e. The zero-order valence-electron chi connectivity index (χ0n) is 14.0. The van der Waals surface area contributed by atoms with E-state index < -0.39 is 0 Å². The highest BCUT2D eigenvalue weighted by atomic mass is 35.5. The van der Waals surface area contributed by atoms with E-state index in [2.05, 4.69) is 19.2 Å². The Morgan fingerprint density at radius 1 is 1.27 bits per heavy atom. The smallest absolute Gasteiger partial charge is 0.220 e. The van der Waals surface area contributed by atoms with E-state index in [-0.39, 0.29) is 30.3 Å². The van der Waals surface area contributed by atoms with Crippen molar-refractivity contribution in [3.8, 4) is 5.75 Å². The molecule has 0 aliphatic heterocycles. The Kier molecular flexibility index (Phi) is 9.86. The van der Waals surface area contributed by atoms with Gasteiger partial charge in [-0.05, 0) is 29.9 Å². The monoisotopic (exact) mass is 328 g/mol. The van der Waals surface area contributed by atoms with Crippen LogP contribution in [0.2, 0.25) is 0 Å². The van der Waals surface area contributed by atoms with E-state index in [4.69, 9.17) is 10.5 Å². The molecule has 22 heavy (non-hydrogen) atoms. The molecule has 1 aromatic carbocycles. The van der Waals surface area contributed by atoms with Crippen LogP contribution in [0.15, 0.2) is 24.3 Å². The van der Waals surface area contributed by atoms with Crippen LogP contribution in [0.5, 0.6) is 5.75 Å². The van der Waals surface area contributed by atoms with Gasteiger partial charge in [0.2, 0.25) is 5.91 Å². The summed E-state index contributed by atoms with van der Waals surface area (Å²) in [6.45, 7) is 6.78. The number of nitrogens with two attached hydrogens (primary N) is 1. The van der Waals surface area contributed by atoms with Crippen LogP contribution in [0.3, 0.4) is 0 Å². The number of carbonyl (C=O) groups excluding carboxylic acids is 1. The minimum atomic E-state index is 0. The summed E-state index contributed by atoms with van der Waals surface area (Å²) in [5.74, 6) is 1.50. The van der Waals surface area contributed by atoms with Crippen molar-refractivity contribution in [2.24, 2.45) is 11.7 Å². The highest BCUT2D eigenvalue weighted by Gasteiger charge is 2.17. The lowest BCUT2D eigenvalue weighted by Crippen LogP contribution is -2.41. The van der Waals surface area contributed by atoms with Crippen molar-refractivity contribution in [3.63, 3.8) is 0 Å². The number of hydrogen-bond donors (Lipinski definition) is 2. The number of halogens is 1. The second-order valence-electron chi connectivity index (χ2n) is 5.98. The van der Waals surface area contributed by atoms with Gasteiger partial charge in [0.15, 0.2) is 0 Å². The molecule has 0 aliphatic carbocycles. The summed E-state index contributed by atoms with van der Waals surface area (Å²) in [7, 11) is 1.65. The summed E-state index contributed by atoms with van der Waals surface area (Å²) in [6.07, 6.45) is 1.35. The van der Waals surface area contributed by atoms with Gasteiger partial charge in [0.25, 0.3) is 0 Å². The second-order valence-corrected chi connectivity index (χ2v) is 5.98. The maximum Gasteiger partial charge on any atom is 0.220 e. The third-order valence-electron chi connectivity index (χ3n) is 3.57. The molecule has 5 heteroatoms. The molecule has 1 amide bonds. The van der Waals surface area contributed by atoms with E-state index >= 15 is 0 Å². The zero-order valence-corrected chi connectivity index (χ0v) is 14.8. The number of para-hydroxylation sites is 1. The molecule has 1 rings (SSSR count). The Morgan fingerprint density at radius 2 is 1.91 bits per heavy atom. The Bertz CT molecular complexity index is 452. The molecule has 126 valence electrons. The summed E-state index contributed by atoms with van der Waals surface area (Å²) in [6, 6.07) is 7.88. The van der Waals surface area contributed by atoms with Crippen molar-refractivity contribution in [2.45, 2.75) is 45.6 Å². The number of benzene rings is 1. The van der Waals surface area contributed by atoms with Crippen LogP contribution in [0.25, 0.3) is 0 Å². The van der Waals surface area contributed by atoms with Gasteiger partial charge in [-0.25, -0.2) is 0 Å². The van der Waals surface area contributed by atoms with Gasteiger partial charge < -0.3 is 15.8 Å². The quantitative estimate of drug-likeness (QED) is 0.770. The number of hydrogen-bond acceptors (Lipinski definition) is 3. The number of nitrogens with one attached hydrogen (secondary N) is 1. The van der Waals surface area contributed by atoms with Crippen LogP contribution < -0.4 is 15.8 Å². The normalized spacial score (nSPS) is 13.2. The molecule has 2 atom stereocenters. The summed E-state index contributed by atoms with van der Waals surface area (Å²) < 4.78 is 5.35. The SMILES string of the molecule is COc1ccccc1C(C)CC(=O)NC(CN)CC(C)C.Cl. The molecular weight excluding hydrogens is 300 g/mol. The van der Waals surface area contributed by atoms with Crippen molar-refractivity contribution >= 4 is 18.3 Å². The van der Waals surface area contributed by atoms with E-state index in [0.717, 1.165) is 17.7 Å². The summed E-state index contributed by atoms with van der Waals surface area (Å²) >= 11 is 0.